The molecule has 2 heterocycles. The van der Waals surface area contributed by atoms with Crippen LogP contribution in [0.1, 0.15) is 54.5 Å². The molecule has 2 aromatic carbocycles. The van der Waals surface area contributed by atoms with E-state index in [0.29, 0.717) is 18.0 Å². The van der Waals surface area contributed by atoms with Crippen LogP contribution in [0, 0.1) is 19.8 Å². The second kappa shape index (κ2) is 8.91. The van der Waals surface area contributed by atoms with Gasteiger partial charge in [0.1, 0.15) is 0 Å². The number of amides is 1. The monoisotopic (exact) mass is 423 g/mol. The number of carbonyl (C=O) groups excluding carboxylic acids is 1. The van der Waals surface area contributed by atoms with E-state index in [2.05, 4.69) is 43.9 Å². The van der Waals surface area contributed by atoms with Gasteiger partial charge in [0, 0.05) is 17.0 Å². The third-order valence-electron chi connectivity index (χ3n) is 6.36. The van der Waals surface area contributed by atoms with Gasteiger partial charge in [-0.05, 0) is 75.0 Å². The van der Waals surface area contributed by atoms with Crippen LogP contribution in [-0.2, 0) is 4.79 Å². The lowest BCUT2D eigenvalue weighted by molar-refractivity contribution is -0.134. The molecule has 5 heteroatoms. The third-order valence-corrected chi connectivity index (χ3v) is 6.61. The molecule has 0 spiro atoms. The average Bonchev–Trinajstić information content (AvgIpc) is 3.17. The van der Waals surface area contributed by atoms with E-state index in [1.54, 1.807) is 5.01 Å². The van der Waals surface area contributed by atoms with Crippen molar-refractivity contribution in [2.45, 2.75) is 46.1 Å². The van der Waals surface area contributed by atoms with Gasteiger partial charge in [0.2, 0.25) is 0 Å². The van der Waals surface area contributed by atoms with Crippen molar-refractivity contribution in [2.75, 3.05) is 19.6 Å². The summed E-state index contributed by atoms with van der Waals surface area (Å²) in [6.07, 6.45) is 3.03. The first kappa shape index (κ1) is 21.1. The second-order valence-electron chi connectivity index (χ2n) is 8.83. The maximum Gasteiger partial charge on any atom is 0.257 e. The number of piperidine rings is 1. The quantitative estimate of drug-likeness (QED) is 0.663. The van der Waals surface area contributed by atoms with Crippen molar-refractivity contribution < 1.29 is 4.79 Å². The van der Waals surface area contributed by atoms with Gasteiger partial charge in [-0.15, -0.1) is 0 Å². The first-order valence-corrected chi connectivity index (χ1v) is 11.2. The highest BCUT2D eigenvalue weighted by molar-refractivity contribution is 6.30. The Bertz CT molecular complexity index is 945. The lowest BCUT2D eigenvalue weighted by Gasteiger charge is -2.31. The third kappa shape index (κ3) is 4.60. The van der Waals surface area contributed by atoms with E-state index in [9.17, 15) is 4.79 Å². The topological polar surface area (TPSA) is 35.9 Å². The van der Waals surface area contributed by atoms with E-state index < -0.39 is 0 Å². The summed E-state index contributed by atoms with van der Waals surface area (Å²) in [5.41, 5.74) is 5.58. The Morgan fingerprint density at radius 1 is 1.10 bits per heavy atom. The van der Waals surface area contributed by atoms with E-state index in [0.717, 1.165) is 48.7 Å². The van der Waals surface area contributed by atoms with Gasteiger partial charge < -0.3 is 0 Å². The summed E-state index contributed by atoms with van der Waals surface area (Å²) in [7, 11) is 0. The van der Waals surface area contributed by atoms with Crippen LogP contribution in [0.3, 0.4) is 0 Å². The molecule has 0 radical (unpaired) electrons. The predicted molar refractivity (Wildman–Crippen MR) is 123 cm³/mol. The van der Waals surface area contributed by atoms with Gasteiger partial charge in [-0.3, -0.25) is 9.69 Å². The Morgan fingerprint density at radius 2 is 1.80 bits per heavy atom. The SMILES string of the molecule is Cc1ccc(C)c(C2=NN(C(=O)CN3CCC(C)CC3)[C@H](c3ccc(Cl)cc3)C2)c1. The molecule has 0 unspecified atom stereocenters. The molecule has 2 aromatic rings. The predicted octanol–water partition coefficient (Wildman–Crippen LogP) is 5.37. The minimum Gasteiger partial charge on any atom is -0.294 e. The zero-order valence-electron chi connectivity index (χ0n) is 18.1. The zero-order chi connectivity index (χ0) is 21.3. The van der Waals surface area contributed by atoms with Crippen molar-refractivity contribution in [3.8, 4) is 0 Å². The number of hydrogen-bond donors (Lipinski definition) is 0. The highest BCUT2D eigenvalue weighted by Gasteiger charge is 2.34. The van der Waals surface area contributed by atoms with E-state index in [1.807, 2.05) is 24.3 Å². The lowest BCUT2D eigenvalue weighted by atomic mass is 9.95. The smallest absolute Gasteiger partial charge is 0.257 e. The molecule has 1 saturated heterocycles. The molecule has 158 valence electrons. The van der Waals surface area contributed by atoms with Gasteiger partial charge in [0.15, 0.2) is 0 Å². The number of nitrogens with zero attached hydrogens (tertiary/aromatic N) is 3. The Kier molecular flexibility index (Phi) is 6.26. The summed E-state index contributed by atoms with van der Waals surface area (Å²) in [4.78, 5) is 15.6. The van der Waals surface area contributed by atoms with Crippen LogP contribution in [-0.4, -0.2) is 41.2 Å². The maximum atomic E-state index is 13.3. The summed E-state index contributed by atoms with van der Waals surface area (Å²) in [5.74, 6) is 0.823. The van der Waals surface area contributed by atoms with Crippen LogP contribution in [0.5, 0.6) is 0 Å². The lowest BCUT2D eigenvalue weighted by Crippen LogP contribution is -2.41. The van der Waals surface area contributed by atoms with Crippen molar-refractivity contribution in [3.05, 3.63) is 69.7 Å². The van der Waals surface area contributed by atoms with Gasteiger partial charge >= 0.3 is 0 Å². The Morgan fingerprint density at radius 3 is 2.50 bits per heavy atom. The highest BCUT2D eigenvalue weighted by Crippen LogP contribution is 2.34. The molecule has 1 atom stereocenters. The van der Waals surface area contributed by atoms with Gasteiger partial charge in [0.05, 0.1) is 18.3 Å². The van der Waals surface area contributed by atoms with Gasteiger partial charge in [0.25, 0.3) is 5.91 Å². The van der Waals surface area contributed by atoms with E-state index in [1.165, 1.54) is 11.1 Å². The molecule has 0 aliphatic carbocycles. The first-order chi connectivity index (χ1) is 14.4. The van der Waals surface area contributed by atoms with Crippen molar-refractivity contribution in [1.29, 1.82) is 0 Å². The summed E-state index contributed by atoms with van der Waals surface area (Å²) in [5, 5.41) is 7.28. The number of halogens is 1. The first-order valence-electron chi connectivity index (χ1n) is 10.9. The Hall–Kier alpha value is -2.17. The molecule has 2 aliphatic rings. The molecular formula is C25H30ClN3O. The van der Waals surface area contributed by atoms with Gasteiger partial charge in [-0.1, -0.05) is 48.4 Å². The van der Waals surface area contributed by atoms with Crippen LogP contribution in [0.25, 0.3) is 0 Å². The highest BCUT2D eigenvalue weighted by atomic mass is 35.5. The van der Waals surface area contributed by atoms with Crippen LogP contribution in [0.4, 0.5) is 0 Å². The Balaban J connectivity index is 1.61. The van der Waals surface area contributed by atoms with Gasteiger partial charge in [-0.25, -0.2) is 5.01 Å². The number of hydrazone groups is 1. The number of carbonyl (C=O) groups is 1. The van der Waals surface area contributed by atoms with Gasteiger partial charge in [-0.2, -0.15) is 5.10 Å². The largest absolute Gasteiger partial charge is 0.294 e. The molecule has 2 aliphatic heterocycles. The molecule has 1 amide bonds. The van der Waals surface area contributed by atoms with Crippen molar-refractivity contribution >= 4 is 23.2 Å². The minimum atomic E-state index is -0.0895. The fraction of sp³-hybridized carbons (Fsp3) is 0.440. The maximum absolute atomic E-state index is 13.3. The minimum absolute atomic E-state index is 0.0739. The second-order valence-corrected chi connectivity index (χ2v) is 9.27. The Labute approximate surface area is 184 Å². The average molecular weight is 424 g/mol. The normalized spacial score (nSPS) is 20.5. The number of benzene rings is 2. The van der Waals surface area contributed by atoms with Crippen LogP contribution in [0.15, 0.2) is 47.6 Å². The summed E-state index contributed by atoms with van der Waals surface area (Å²) in [6, 6.07) is 14.1. The molecule has 0 aromatic heterocycles. The van der Waals surface area contributed by atoms with Crippen molar-refractivity contribution in [3.63, 3.8) is 0 Å². The summed E-state index contributed by atoms with van der Waals surface area (Å²) >= 11 is 6.10. The van der Waals surface area contributed by atoms with Crippen LogP contribution < -0.4 is 0 Å². The number of rotatable bonds is 4. The fourth-order valence-electron chi connectivity index (χ4n) is 4.38. The molecular weight excluding hydrogens is 394 g/mol. The molecule has 0 N–H and O–H groups in total. The summed E-state index contributed by atoms with van der Waals surface area (Å²) < 4.78 is 0. The molecule has 30 heavy (non-hydrogen) atoms. The number of aryl methyl sites for hydroxylation is 2. The van der Waals surface area contributed by atoms with Crippen LogP contribution in [0.2, 0.25) is 5.02 Å². The van der Waals surface area contributed by atoms with E-state index in [4.69, 9.17) is 16.7 Å². The molecule has 0 bridgehead atoms. The van der Waals surface area contributed by atoms with Crippen molar-refractivity contribution in [1.82, 2.24) is 9.91 Å². The number of hydrogen-bond acceptors (Lipinski definition) is 3. The van der Waals surface area contributed by atoms with Crippen molar-refractivity contribution in [2.24, 2.45) is 11.0 Å². The molecule has 0 saturated carbocycles. The fourth-order valence-corrected chi connectivity index (χ4v) is 4.50. The molecule has 4 nitrogen and oxygen atoms in total. The standard InChI is InChI=1S/C25H30ClN3O/c1-17-10-12-28(13-11-17)16-25(30)29-24(20-6-8-21(26)9-7-20)15-23(27-29)22-14-18(2)4-5-19(22)3/h4-9,14,17,24H,10-13,15-16H2,1-3H3/t24-/m0/s1. The van der Waals surface area contributed by atoms with Crippen LogP contribution >= 0.6 is 11.6 Å². The summed E-state index contributed by atoms with van der Waals surface area (Å²) in [6.45, 7) is 8.89. The molecule has 1 fully saturated rings. The zero-order valence-corrected chi connectivity index (χ0v) is 18.8. The molecule has 4 rings (SSSR count). The number of likely N-dealkylation sites (tertiary alicyclic amines) is 1. The van der Waals surface area contributed by atoms with E-state index >= 15 is 0 Å². The van der Waals surface area contributed by atoms with E-state index in [-0.39, 0.29) is 11.9 Å².